The molecule has 0 unspecified atom stereocenters. The van der Waals surface area contributed by atoms with Crippen LogP contribution in [0.25, 0.3) is 5.69 Å². The Morgan fingerprint density at radius 2 is 2.00 bits per heavy atom. The largest absolute Gasteiger partial charge is 0.339 e. The van der Waals surface area contributed by atoms with Crippen molar-refractivity contribution in [2.24, 2.45) is 0 Å². The van der Waals surface area contributed by atoms with E-state index in [0.29, 0.717) is 12.8 Å². The van der Waals surface area contributed by atoms with E-state index in [4.69, 9.17) is 0 Å². The molecule has 0 radical (unpaired) electrons. The van der Waals surface area contributed by atoms with Crippen molar-refractivity contribution in [3.05, 3.63) is 72.6 Å². The normalized spacial score (nSPS) is 11.9. The summed E-state index contributed by atoms with van der Waals surface area (Å²) in [6, 6.07) is 11.9. The Labute approximate surface area is 147 Å². The van der Waals surface area contributed by atoms with E-state index in [1.165, 1.54) is 6.33 Å². The maximum Gasteiger partial charge on any atom is 0.223 e. The number of amides is 1. The minimum absolute atomic E-state index is 0.00574. The number of nitrogens with zero attached hydrogens (tertiary/aromatic N) is 5. The molecule has 1 aromatic carbocycles. The fourth-order valence-electron chi connectivity index (χ4n) is 2.66. The summed E-state index contributed by atoms with van der Waals surface area (Å²) in [6.45, 7) is 2.03. The Kier molecular flexibility index (Phi) is 5.18. The Balaban J connectivity index is 1.61. The highest BCUT2D eigenvalue weighted by Crippen LogP contribution is 2.21. The highest BCUT2D eigenvalue weighted by atomic mass is 16.2. The van der Waals surface area contributed by atoms with Gasteiger partial charge in [-0.2, -0.15) is 5.10 Å². The van der Waals surface area contributed by atoms with Crippen LogP contribution in [0.15, 0.2) is 61.4 Å². The van der Waals surface area contributed by atoms with Gasteiger partial charge in [0.25, 0.3) is 0 Å². The number of aryl methyl sites for hydroxylation is 1. The van der Waals surface area contributed by atoms with Gasteiger partial charge in [-0.1, -0.05) is 18.2 Å². The molecule has 6 nitrogen and oxygen atoms in total. The zero-order valence-corrected chi connectivity index (χ0v) is 14.4. The van der Waals surface area contributed by atoms with Crippen molar-refractivity contribution < 1.29 is 4.79 Å². The van der Waals surface area contributed by atoms with E-state index in [-0.39, 0.29) is 11.9 Å². The molecule has 0 N–H and O–H groups in total. The standard InChI is InChI=1S/C19H21N5O/c1-15(17-6-8-18(9-7-17)24-14-21-13-22-24)23(2)19(25)10-5-16-4-3-11-20-12-16/h3-4,6-9,11-15H,5,10H2,1-2H3/t15-/m1/s1. The van der Waals surface area contributed by atoms with Gasteiger partial charge in [-0.05, 0) is 42.7 Å². The summed E-state index contributed by atoms with van der Waals surface area (Å²) in [7, 11) is 1.85. The first-order valence-electron chi connectivity index (χ1n) is 8.24. The van der Waals surface area contributed by atoms with Gasteiger partial charge in [0.1, 0.15) is 12.7 Å². The Morgan fingerprint density at radius 1 is 1.20 bits per heavy atom. The molecule has 1 atom stereocenters. The van der Waals surface area contributed by atoms with Crippen molar-refractivity contribution >= 4 is 5.91 Å². The van der Waals surface area contributed by atoms with Crippen LogP contribution < -0.4 is 0 Å². The molecule has 3 rings (SSSR count). The lowest BCUT2D eigenvalue weighted by Crippen LogP contribution is -2.29. The molecule has 0 bridgehead atoms. The molecule has 25 heavy (non-hydrogen) atoms. The molecule has 0 saturated carbocycles. The monoisotopic (exact) mass is 335 g/mol. The zero-order chi connectivity index (χ0) is 17.6. The van der Waals surface area contributed by atoms with Gasteiger partial charge < -0.3 is 4.90 Å². The third kappa shape index (κ3) is 4.09. The molecule has 0 fully saturated rings. The number of carbonyl (C=O) groups is 1. The van der Waals surface area contributed by atoms with Gasteiger partial charge in [0.15, 0.2) is 0 Å². The van der Waals surface area contributed by atoms with Crippen molar-refractivity contribution in [2.75, 3.05) is 7.05 Å². The second-order valence-corrected chi connectivity index (χ2v) is 5.97. The lowest BCUT2D eigenvalue weighted by molar-refractivity contribution is -0.131. The first-order valence-corrected chi connectivity index (χ1v) is 8.24. The van der Waals surface area contributed by atoms with Crippen molar-refractivity contribution in [3.8, 4) is 5.69 Å². The molecule has 3 aromatic rings. The van der Waals surface area contributed by atoms with Crippen molar-refractivity contribution in [3.63, 3.8) is 0 Å². The molecular formula is C19H21N5O. The summed E-state index contributed by atoms with van der Waals surface area (Å²) in [5.41, 5.74) is 3.11. The molecule has 2 heterocycles. The lowest BCUT2D eigenvalue weighted by atomic mass is 10.1. The molecule has 6 heteroatoms. The quantitative estimate of drug-likeness (QED) is 0.695. The van der Waals surface area contributed by atoms with Crippen LogP contribution in [0.5, 0.6) is 0 Å². The summed E-state index contributed by atoms with van der Waals surface area (Å²) in [5, 5.41) is 4.11. The summed E-state index contributed by atoms with van der Waals surface area (Å²) in [6.07, 6.45) is 7.89. The van der Waals surface area contributed by atoms with Gasteiger partial charge in [0.2, 0.25) is 5.91 Å². The number of hydrogen-bond donors (Lipinski definition) is 0. The highest BCUT2D eigenvalue weighted by molar-refractivity contribution is 5.76. The Bertz CT molecular complexity index is 800. The topological polar surface area (TPSA) is 63.9 Å². The SMILES string of the molecule is C[C@H](c1ccc(-n2cncn2)cc1)N(C)C(=O)CCc1cccnc1. The van der Waals surface area contributed by atoms with E-state index in [1.807, 2.05) is 50.4 Å². The van der Waals surface area contributed by atoms with Gasteiger partial charge >= 0.3 is 0 Å². The molecule has 2 aromatic heterocycles. The second-order valence-electron chi connectivity index (χ2n) is 5.97. The molecule has 1 amide bonds. The summed E-state index contributed by atoms with van der Waals surface area (Å²) in [5.74, 6) is 0.122. The highest BCUT2D eigenvalue weighted by Gasteiger charge is 2.17. The smallest absolute Gasteiger partial charge is 0.223 e. The van der Waals surface area contributed by atoms with Crippen LogP contribution in [0.3, 0.4) is 0 Å². The maximum atomic E-state index is 12.5. The fourth-order valence-corrected chi connectivity index (χ4v) is 2.66. The average molecular weight is 335 g/mol. The number of aromatic nitrogens is 4. The molecular weight excluding hydrogens is 314 g/mol. The Morgan fingerprint density at radius 3 is 2.64 bits per heavy atom. The van der Waals surface area contributed by atoms with Gasteiger partial charge in [-0.25, -0.2) is 9.67 Å². The first-order chi connectivity index (χ1) is 12.1. The third-order valence-electron chi connectivity index (χ3n) is 4.38. The van der Waals surface area contributed by atoms with Gasteiger partial charge in [0, 0.05) is 25.9 Å². The number of hydrogen-bond acceptors (Lipinski definition) is 4. The van der Waals surface area contributed by atoms with Crippen molar-refractivity contribution in [2.45, 2.75) is 25.8 Å². The fraction of sp³-hybridized carbons (Fsp3) is 0.263. The Hall–Kier alpha value is -3.02. The number of benzene rings is 1. The van der Waals surface area contributed by atoms with E-state index in [9.17, 15) is 4.79 Å². The van der Waals surface area contributed by atoms with E-state index in [2.05, 4.69) is 15.1 Å². The predicted octanol–water partition coefficient (Wildman–Crippen LogP) is 2.81. The lowest BCUT2D eigenvalue weighted by Gasteiger charge is -2.25. The van der Waals surface area contributed by atoms with Crippen LogP contribution in [0.2, 0.25) is 0 Å². The van der Waals surface area contributed by atoms with Gasteiger partial charge in [0.05, 0.1) is 11.7 Å². The van der Waals surface area contributed by atoms with Crippen molar-refractivity contribution in [1.82, 2.24) is 24.6 Å². The predicted molar refractivity (Wildman–Crippen MR) is 95.1 cm³/mol. The van der Waals surface area contributed by atoms with Crippen LogP contribution in [0, 0.1) is 0 Å². The van der Waals surface area contributed by atoms with Gasteiger partial charge in [-0.15, -0.1) is 0 Å². The minimum Gasteiger partial charge on any atom is -0.339 e. The molecule has 0 spiro atoms. The second kappa shape index (κ2) is 7.70. The molecule has 128 valence electrons. The molecule has 0 aliphatic heterocycles. The third-order valence-corrected chi connectivity index (χ3v) is 4.38. The van der Waals surface area contributed by atoms with Crippen LogP contribution in [0.1, 0.15) is 30.5 Å². The van der Waals surface area contributed by atoms with Crippen LogP contribution in [-0.2, 0) is 11.2 Å². The van der Waals surface area contributed by atoms with Crippen LogP contribution >= 0.6 is 0 Å². The van der Waals surface area contributed by atoms with Crippen LogP contribution in [-0.4, -0.2) is 37.6 Å². The molecule has 0 saturated heterocycles. The molecule has 0 aliphatic carbocycles. The van der Waals surface area contributed by atoms with E-state index >= 15 is 0 Å². The molecule has 0 aliphatic rings. The number of rotatable bonds is 6. The first kappa shape index (κ1) is 16.8. The minimum atomic E-state index is 0.00574. The number of carbonyl (C=O) groups excluding carboxylic acids is 1. The van der Waals surface area contributed by atoms with E-state index in [0.717, 1.165) is 16.8 Å². The zero-order valence-electron chi connectivity index (χ0n) is 14.4. The van der Waals surface area contributed by atoms with Crippen LogP contribution in [0.4, 0.5) is 0 Å². The maximum absolute atomic E-state index is 12.5. The van der Waals surface area contributed by atoms with Gasteiger partial charge in [-0.3, -0.25) is 9.78 Å². The summed E-state index contributed by atoms with van der Waals surface area (Å²) < 4.78 is 1.71. The summed E-state index contributed by atoms with van der Waals surface area (Å²) in [4.78, 5) is 22.3. The average Bonchev–Trinajstić information content (AvgIpc) is 3.20. The van der Waals surface area contributed by atoms with E-state index < -0.39 is 0 Å². The van der Waals surface area contributed by atoms with Crippen molar-refractivity contribution in [1.29, 1.82) is 0 Å². The summed E-state index contributed by atoms with van der Waals surface area (Å²) >= 11 is 0. The number of pyridine rings is 1. The van der Waals surface area contributed by atoms with E-state index in [1.54, 1.807) is 28.3 Å².